The summed E-state index contributed by atoms with van der Waals surface area (Å²) in [6.07, 6.45) is 1.55. The molecule has 7 nitrogen and oxygen atoms in total. The topological polar surface area (TPSA) is 105 Å². The fourth-order valence-electron chi connectivity index (χ4n) is 2.34. The lowest BCUT2D eigenvalue weighted by Gasteiger charge is -2.02. The predicted octanol–water partition coefficient (Wildman–Crippen LogP) is 3.54. The summed E-state index contributed by atoms with van der Waals surface area (Å²) in [7, 11) is 1.37. The normalized spacial score (nSPS) is 11.2. The summed E-state index contributed by atoms with van der Waals surface area (Å²) in [6, 6.07) is 14.0. The standard InChI is InChI=1S/C17H12N4O3/c1-24-16-7-6-11(9-15(16)21(22)23)8-12(10-18)17-19-13-4-2-3-5-14(13)20-17/h2-9H,1H3,(H,19,20). The quantitative estimate of drug-likeness (QED) is 0.449. The van der Waals surface area contributed by atoms with Crippen molar-refractivity contribution in [2.45, 2.75) is 0 Å². The summed E-state index contributed by atoms with van der Waals surface area (Å²) in [4.78, 5) is 18.0. The van der Waals surface area contributed by atoms with Gasteiger partial charge < -0.3 is 9.72 Å². The van der Waals surface area contributed by atoms with E-state index < -0.39 is 4.92 Å². The summed E-state index contributed by atoms with van der Waals surface area (Å²) >= 11 is 0. The van der Waals surface area contributed by atoms with Crippen LogP contribution in [0.1, 0.15) is 11.4 Å². The SMILES string of the molecule is COc1ccc(C=C(C#N)c2nc3ccccc3[nH]2)cc1[N+](=O)[O-]. The number of nitriles is 1. The molecule has 3 rings (SSSR count). The highest BCUT2D eigenvalue weighted by Gasteiger charge is 2.15. The Morgan fingerprint density at radius 2 is 2.17 bits per heavy atom. The van der Waals surface area contributed by atoms with Gasteiger partial charge in [0.1, 0.15) is 11.9 Å². The van der Waals surface area contributed by atoms with E-state index in [1.807, 2.05) is 24.3 Å². The lowest BCUT2D eigenvalue weighted by atomic mass is 10.1. The molecule has 0 unspecified atom stereocenters. The summed E-state index contributed by atoms with van der Waals surface area (Å²) in [5.74, 6) is 0.580. The van der Waals surface area contributed by atoms with Crippen molar-refractivity contribution < 1.29 is 9.66 Å². The number of hydrogen-bond donors (Lipinski definition) is 1. The molecule has 0 atom stereocenters. The van der Waals surface area contributed by atoms with Gasteiger partial charge in [-0.1, -0.05) is 18.2 Å². The molecule has 0 aliphatic carbocycles. The Labute approximate surface area is 137 Å². The first-order valence-electron chi connectivity index (χ1n) is 7.01. The van der Waals surface area contributed by atoms with Crippen LogP contribution in [0.3, 0.4) is 0 Å². The van der Waals surface area contributed by atoms with Crippen molar-refractivity contribution in [3.63, 3.8) is 0 Å². The second-order valence-corrected chi connectivity index (χ2v) is 4.96. The van der Waals surface area contributed by atoms with Gasteiger partial charge in [-0.05, 0) is 29.8 Å². The van der Waals surface area contributed by atoms with Gasteiger partial charge in [0, 0.05) is 6.07 Å². The molecule has 1 aromatic heterocycles. The Hall–Kier alpha value is -3.66. The number of nitrogens with zero attached hydrogens (tertiary/aromatic N) is 3. The van der Waals surface area contributed by atoms with E-state index in [0.29, 0.717) is 11.4 Å². The molecule has 7 heteroatoms. The van der Waals surface area contributed by atoms with Crippen LogP contribution in [0.25, 0.3) is 22.7 Å². The van der Waals surface area contributed by atoms with Gasteiger partial charge in [0.15, 0.2) is 5.75 Å². The molecule has 1 N–H and O–H groups in total. The number of para-hydroxylation sites is 2. The van der Waals surface area contributed by atoms with Gasteiger partial charge >= 0.3 is 5.69 Å². The Morgan fingerprint density at radius 3 is 2.83 bits per heavy atom. The minimum Gasteiger partial charge on any atom is -0.490 e. The highest BCUT2D eigenvalue weighted by atomic mass is 16.6. The number of H-pyrrole nitrogens is 1. The van der Waals surface area contributed by atoms with Crippen molar-refractivity contribution in [1.82, 2.24) is 9.97 Å². The van der Waals surface area contributed by atoms with Gasteiger partial charge in [-0.3, -0.25) is 10.1 Å². The number of ether oxygens (including phenoxy) is 1. The number of nitro benzene ring substituents is 1. The Kier molecular flexibility index (Phi) is 3.95. The molecule has 0 amide bonds. The number of rotatable bonds is 4. The summed E-state index contributed by atoms with van der Waals surface area (Å²) < 4.78 is 4.97. The Bertz CT molecular complexity index is 965. The van der Waals surface area contributed by atoms with E-state index >= 15 is 0 Å². The van der Waals surface area contributed by atoms with Gasteiger partial charge in [-0.15, -0.1) is 0 Å². The zero-order chi connectivity index (χ0) is 17.1. The number of aromatic amines is 1. The smallest absolute Gasteiger partial charge is 0.311 e. The molecule has 0 saturated carbocycles. The van der Waals surface area contributed by atoms with Gasteiger partial charge in [-0.2, -0.15) is 5.26 Å². The molecular weight excluding hydrogens is 308 g/mol. The first-order valence-corrected chi connectivity index (χ1v) is 7.01. The van der Waals surface area contributed by atoms with Crippen LogP contribution in [0.5, 0.6) is 5.75 Å². The second-order valence-electron chi connectivity index (χ2n) is 4.96. The molecule has 1 heterocycles. The molecule has 0 spiro atoms. The third kappa shape index (κ3) is 2.80. The lowest BCUT2D eigenvalue weighted by molar-refractivity contribution is -0.385. The van der Waals surface area contributed by atoms with Crippen LogP contribution in [-0.2, 0) is 0 Å². The Morgan fingerprint density at radius 1 is 1.38 bits per heavy atom. The number of allylic oxidation sites excluding steroid dienone is 1. The fourth-order valence-corrected chi connectivity index (χ4v) is 2.34. The highest BCUT2D eigenvalue weighted by molar-refractivity contribution is 5.90. The van der Waals surface area contributed by atoms with E-state index in [0.717, 1.165) is 11.0 Å². The number of nitrogens with one attached hydrogen (secondary N) is 1. The van der Waals surface area contributed by atoms with Crippen LogP contribution in [0.2, 0.25) is 0 Å². The maximum Gasteiger partial charge on any atom is 0.311 e. The largest absolute Gasteiger partial charge is 0.490 e. The number of imidazole rings is 1. The zero-order valence-electron chi connectivity index (χ0n) is 12.7. The molecule has 0 aliphatic heterocycles. The van der Waals surface area contributed by atoms with Crippen LogP contribution in [0.4, 0.5) is 5.69 Å². The molecule has 0 aliphatic rings. The Balaban J connectivity index is 2.06. The maximum absolute atomic E-state index is 11.1. The molecule has 2 aromatic carbocycles. The number of hydrogen-bond acceptors (Lipinski definition) is 5. The molecule has 3 aromatic rings. The fraction of sp³-hybridized carbons (Fsp3) is 0.0588. The molecule has 118 valence electrons. The van der Waals surface area contributed by atoms with Crippen LogP contribution in [0.15, 0.2) is 42.5 Å². The molecule has 0 fully saturated rings. The third-order valence-electron chi connectivity index (χ3n) is 3.48. The van der Waals surface area contributed by atoms with Crippen molar-refractivity contribution in [2.24, 2.45) is 0 Å². The van der Waals surface area contributed by atoms with Crippen LogP contribution < -0.4 is 4.74 Å². The average Bonchev–Trinajstić information content (AvgIpc) is 3.03. The number of aromatic nitrogens is 2. The second kappa shape index (κ2) is 6.22. The van der Waals surface area contributed by atoms with Crippen molar-refractivity contribution >= 4 is 28.4 Å². The first-order chi connectivity index (χ1) is 11.6. The van der Waals surface area contributed by atoms with Crippen molar-refractivity contribution in [1.29, 1.82) is 5.26 Å². The van der Waals surface area contributed by atoms with Gasteiger partial charge in [-0.25, -0.2) is 4.98 Å². The zero-order valence-corrected chi connectivity index (χ0v) is 12.7. The monoisotopic (exact) mass is 320 g/mol. The van der Waals surface area contributed by atoms with E-state index in [2.05, 4.69) is 16.0 Å². The minimum absolute atomic E-state index is 0.159. The van der Waals surface area contributed by atoms with Gasteiger partial charge in [0.2, 0.25) is 0 Å². The molecule has 24 heavy (non-hydrogen) atoms. The number of fused-ring (bicyclic) bond motifs is 1. The molecule has 0 saturated heterocycles. The first kappa shape index (κ1) is 15.2. The van der Waals surface area contributed by atoms with Crippen molar-refractivity contribution in [3.8, 4) is 11.8 Å². The lowest BCUT2D eigenvalue weighted by Crippen LogP contribution is -1.94. The van der Waals surface area contributed by atoms with E-state index in [1.165, 1.54) is 19.2 Å². The van der Waals surface area contributed by atoms with Crippen molar-refractivity contribution in [2.75, 3.05) is 7.11 Å². The van der Waals surface area contributed by atoms with Crippen LogP contribution in [0, 0.1) is 21.4 Å². The predicted molar refractivity (Wildman–Crippen MR) is 89.2 cm³/mol. The van der Waals surface area contributed by atoms with Crippen LogP contribution >= 0.6 is 0 Å². The van der Waals surface area contributed by atoms with Gasteiger partial charge in [0.25, 0.3) is 0 Å². The van der Waals surface area contributed by atoms with E-state index in [-0.39, 0.29) is 17.0 Å². The van der Waals surface area contributed by atoms with E-state index in [4.69, 9.17) is 4.74 Å². The summed E-state index contributed by atoms with van der Waals surface area (Å²) in [5.41, 5.74) is 2.20. The molecular formula is C17H12N4O3. The minimum atomic E-state index is -0.524. The van der Waals surface area contributed by atoms with E-state index in [9.17, 15) is 15.4 Å². The van der Waals surface area contributed by atoms with Crippen molar-refractivity contribution in [3.05, 3.63) is 64.0 Å². The highest BCUT2D eigenvalue weighted by Crippen LogP contribution is 2.29. The molecule has 0 radical (unpaired) electrons. The van der Waals surface area contributed by atoms with Crippen LogP contribution in [-0.4, -0.2) is 22.0 Å². The number of benzene rings is 2. The van der Waals surface area contributed by atoms with Gasteiger partial charge in [0.05, 0.1) is 28.6 Å². The molecule has 0 bridgehead atoms. The number of nitro groups is 1. The maximum atomic E-state index is 11.1. The van der Waals surface area contributed by atoms with E-state index in [1.54, 1.807) is 12.1 Å². The third-order valence-corrected chi connectivity index (χ3v) is 3.48. The number of methoxy groups -OCH3 is 1. The summed E-state index contributed by atoms with van der Waals surface area (Å²) in [6.45, 7) is 0. The summed E-state index contributed by atoms with van der Waals surface area (Å²) in [5, 5.41) is 20.5. The average molecular weight is 320 g/mol.